The Bertz CT molecular complexity index is 1250. The minimum Gasteiger partial charge on any atom is -0.484 e. The number of nitrogens with zero attached hydrogens (tertiary/aromatic N) is 1. The highest BCUT2D eigenvalue weighted by atomic mass is 16.5. The number of carbonyl (C=O) groups excluding carboxylic acids is 1. The van der Waals surface area contributed by atoms with Gasteiger partial charge >= 0.3 is 0 Å². The van der Waals surface area contributed by atoms with Gasteiger partial charge in [0.1, 0.15) is 11.3 Å². The Morgan fingerprint density at radius 2 is 1.85 bits per heavy atom. The number of oxazole rings is 1. The van der Waals surface area contributed by atoms with Gasteiger partial charge in [-0.2, -0.15) is 0 Å². The van der Waals surface area contributed by atoms with E-state index in [9.17, 15) is 4.79 Å². The number of aromatic nitrogens is 1. The minimum atomic E-state index is -0.211. The number of hydrogen-bond donors (Lipinski definition) is 1. The maximum Gasteiger partial charge on any atom is 0.262 e. The van der Waals surface area contributed by atoms with E-state index in [1.807, 2.05) is 61.5 Å². The molecule has 1 aromatic heterocycles. The lowest BCUT2D eigenvalue weighted by atomic mass is 9.84. The third-order valence-electron chi connectivity index (χ3n) is 6.26. The van der Waals surface area contributed by atoms with Crippen molar-refractivity contribution >= 4 is 22.7 Å². The summed E-state index contributed by atoms with van der Waals surface area (Å²) in [4.78, 5) is 17.0. The lowest BCUT2D eigenvalue weighted by molar-refractivity contribution is -0.118. The van der Waals surface area contributed by atoms with Crippen LogP contribution in [0.5, 0.6) is 5.75 Å². The fraction of sp³-hybridized carbons (Fsp3) is 0.286. The van der Waals surface area contributed by atoms with Crippen LogP contribution < -0.4 is 10.1 Å². The Hall–Kier alpha value is -3.60. The number of aryl methyl sites for hydroxylation is 1. The van der Waals surface area contributed by atoms with Gasteiger partial charge in [0, 0.05) is 11.3 Å². The van der Waals surface area contributed by atoms with E-state index < -0.39 is 0 Å². The van der Waals surface area contributed by atoms with E-state index in [4.69, 9.17) is 9.15 Å². The van der Waals surface area contributed by atoms with E-state index in [1.54, 1.807) is 0 Å². The molecule has 1 aliphatic rings. The molecule has 1 amide bonds. The summed E-state index contributed by atoms with van der Waals surface area (Å²) in [5, 5.41) is 2.89. The van der Waals surface area contributed by atoms with Crippen LogP contribution in [-0.2, 0) is 4.79 Å². The first-order valence-electron chi connectivity index (χ1n) is 11.6. The molecule has 0 bridgehead atoms. The molecule has 0 unspecified atom stereocenters. The molecule has 1 heterocycles. The van der Waals surface area contributed by atoms with Gasteiger partial charge in [-0.1, -0.05) is 43.5 Å². The van der Waals surface area contributed by atoms with Gasteiger partial charge in [-0.15, -0.1) is 0 Å². The monoisotopic (exact) mass is 440 g/mol. The molecule has 1 saturated carbocycles. The Morgan fingerprint density at radius 3 is 2.67 bits per heavy atom. The molecule has 1 aliphatic carbocycles. The SMILES string of the molecule is Cc1ccc2nc(-c3cccc(NC(=O)COc4ccc(C5CCCCC5)cc4)c3)oc2c1. The van der Waals surface area contributed by atoms with Gasteiger partial charge in [-0.05, 0) is 79.3 Å². The van der Waals surface area contributed by atoms with Crippen LogP contribution in [0.3, 0.4) is 0 Å². The summed E-state index contributed by atoms with van der Waals surface area (Å²) in [5.41, 5.74) is 5.54. The summed E-state index contributed by atoms with van der Waals surface area (Å²) in [6, 6.07) is 21.6. The number of carbonyl (C=O) groups is 1. The summed E-state index contributed by atoms with van der Waals surface area (Å²) in [5.74, 6) is 1.69. The highest BCUT2D eigenvalue weighted by Crippen LogP contribution is 2.33. The predicted octanol–water partition coefficient (Wildman–Crippen LogP) is 6.87. The number of benzene rings is 3. The molecule has 5 heteroatoms. The predicted molar refractivity (Wildman–Crippen MR) is 131 cm³/mol. The molecule has 0 atom stereocenters. The molecule has 5 nitrogen and oxygen atoms in total. The molecule has 3 aromatic carbocycles. The highest BCUT2D eigenvalue weighted by Gasteiger charge is 2.15. The quantitative estimate of drug-likeness (QED) is 0.355. The summed E-state index contributed by atoms with van der Waals surface area (Å²) in [6.45, 7) is 1.97. The second-order valence-corrected chi connectivity index (χ2v) is 8.81. The molecule has 0 spiro atoms. The normalized spacial score (nSPS) is 14.3. The molecule has 33 heavy (non-hydrogen) atoms. The van der Waals surface area contributed by atoms with E-state index in [1.165, 1.54) is 37.7 Å². The zero-order valence-electron chi connectivity index (χ0n) is 18.8. The standard InChI is InChI=1S/C28H28N2O3/c1-19-10-15-25-26(16-19)33-28(30-25)22-8-5-9-23(17-22)29-27(31)18-32-24-13-11-21(12-14-24)20-6-3-2-4-7-20/h5,8-17,20H,2-4,6-7,18H2,1H3,(H,29,31). The first-order valence-corrected chi connectivity index (χ1v) is 11.6. The second kappa shape index (κ2) is 9.49. The fourth-order valence-corrected chi connectivity index (χ4v) is 4.50. The molecule has 0 radical (unpaired) electrons. The Kier molecular flexibility index (Phi) is 6.11. The second-order valence-electron chi connectivity index (χ2n) is 8.81. The van der Waals surface area contributed by atoms with Crippen molar-refractivity contribution in [1.82, 2.24) is 4.98 Å². The van der Waals surface area contributed by atoms with Gasteiger partial charge in [0.2, 0.25) is 5.89 Å². The van der Waals surface area contributed by atoms with Crippen LogP contribution in [-0.4, -0.2) is 17.5 Å². The topological polar surface area (TPSA) is 64.4 Å². The first kappa shape index (κ1) is 21.3. The van der Waals surface area contributed by atoms with Gasteiger partial charge in [0.05, 0.1) is 0 Å². The average Bonchev–Trinajstić information content (AvgIpc) is 3.27. The number of rotatable bonds is 6. The third kappa shape index (κ3) is 5.08. The lowest BCUT2D eigenvalue weighted by Crippen LogP contribution is -2.20. The molecular formula is C28H28N2O3. The van der Waals surface area contributed by atoms with Crippen molar-refractivity contribution in [2.24, 2.45) is 0 Å². The van der Waals surface area contributed by atoms with Crippen molar-refractivity contribution in [1.29, 1.82) is 0 Å². The number of anilines is 1. The maximum atomic E-state index is 12.5. The van der Waals surface area contributed by atoms with E-state index in [-0.39, 0.29) is 12.5 Å². The van der Waals surface area contributed by atoms with Crippen molar-refractivity contribution in [3.63, 3.8) is 0 Å². The number of nitrogens with one attached hydrogen (secondary N) is 1. The Balaban J connectivity index is 1.19. The highest BCUT2D eigenvalue weighted by molar-refractivity contribution is 5.92. The summed E-state index contributed by atoms with van der Waals surface area (Å²) in [6.07, 6.45) is 6.52. The van der Waals surface area contributed by atoms with E-state index in [0.29, 0.717) is 23.2 Å². The zero-order chi connectivity index (χ0) is 22.6. The molecule has 4 aromatic rings. The van der Waals surface area contributed by atoms with Gasteiger partial charge in [0.25, 0.3) is 5.91 Å². The van der Waals surface area contributed by atoms with Crippen LogP contribution in [0.1, 0.15) is 49.1 Å². The molecular weight excluding hydrogens is 412 g/mol. The van der Waals surface area contributed by atoms with Gasteiger partial charge in [-0.3, -0.25) is 4.79 Å². The molecule has 5 rings (SSSR count). The lowest BCUT2D eigenvalue weighted by Gasteiger charge is -2.22. The summed E-state index contributed by atoms with van der Waals surface area (Å²) in [7, 11) is 0. The number of ether oxygens (including phenoxy) is 1. The zero-order valence-corrected chi connectivity index (χ0v) is 18.8. The van der Waals surface area contributed by atoms with Crippen LogP contribution >= 0.6 is 0 Å². The largest absolute Gasteiger partial charge is 0.484 e. The van der Waals surface area contributed by atoms with Crippen molar-refractivity contribution in [2.75, 3.05) is 11.9 Å². The molecule has 168 valence electrons. The van der Waals surface area contributed by atoms with Gasteiger partial charge in [0.15, 0.2) is 12.2 Å². The van der Waals surface area contributed by atoms with E-state index in [2.05, 4.69) is 22.4 Å². The van der Waals surface area contributed by atoms with E-state index >= 15 is 0 Å². The van der Waals surface area contributed by atoms with Crippen LogP contribution in [0.15, 0.2) is 71.1 Å². The van der Waals surface area contributed by atoms with Crippen LogP contribution in [0.4, 0.5) is 5.69 Å². The van der Waals surface area contributed by atoms with Crippen molar-refractivity contribution in [3.8, 4) is 17.2 Å². The van der Waals surface area contributed by atoms with Gasteiger partial charge < -0.3 is 14.5 Å². The van der Waals surface area contributed by atoms with E-state index in [0.717, 1.165) is 22.2 Å². The number of fused-ring (bicyclic) bond motifs is 1. The minimum absolute atomic E-state index is 0.0465. The van der Waals surface area contributed by atoms with Crippen molar-refractivity contribution in [2.45, 2.75) is 44.9 Å². The smallest absolute Gasteiger partial charge is 0.262 e. The number of amides is 1. The molecule has 1 N–H and O–H groups in total. The summed E-state index contributed by atoms with van der Waals surface area (Å²) >= 11 is 0. The van der Waals surface area contributed by atoms with Gasteiger partial charge in [-0.25, -0.2) is 4.98 Å². The maximum absolute atomic E-state index is 12.5. The third-order valence-corrected chi connectivity index (χ3v) is 6.26. The molecule has 1 fully saturated rings. The fourth-order valence-electron chi connectivity index (χ4n) is 4.50. The Labute approximate surface area is 193 Å². The van der Waals surface area contributed by atoms with Crippen LogP contribution in [0.2, 0.25) is 0 Å². The first-order chi connectivity index (χ1) is 16.1. The van der Waals surface area contributed by atoms with Crippen molar-refractivity contribution < 1.29 is 13.9 Å². The average molecular weight is 441 g/mol. The van der Waals surface area contributed by atoms with Crippen LogP contribution in [0.25, 0.3) is 22.6 Å². The number of hydrogen-bond acceptors (Lipinski definition) is 4. The molecule has 0 saturated heterocycles. The van der Waals surface area contributed by atoms with Crippen molar-refractivity contribution in [3.05, 3.63) is 77.9 Å². The molecule has 0 aliphatic heterocycles. The van der Waals surface area contributed by atoms with Crippen LogP contribution in [0, 0.1) is 6.92 Å². The Morgan fingerprint density at radius 1 is 1.03 bits per heavy atom. The summed E-state index contributed by atoms with van der Waals surface area (Å²) < 4.78 is 11.6.